The van der Waals surface area contributed by atoms with Crippen molar-refractivity contribution in [2.24, 2.45) is 0 Å². The van der Waals surface area contributed by atoms with Crippen molar-refractivity contribution in [3.8, 4) is 16.9 Å². The molecule has 34 heavy (non-hydrogen) atoms. The molecule has 0 radical (unpaired) electrons. The number of amides is 2. The molecular weight excluding hydrogens is 458 g/mol. The van der Waals surface area contributed by atoms with E-state index in [0.717, 1.165) is 12.1 Å². The quantitative estimate of drug-likeness (QED) is 0.440. The maximum Gasteiger partial charge on any atom is 0.573 e. The summed E-state index contributed by atoms with van der Waals surface area (Å²) in [6.45, 7) is 0.137. The van der Waals surface area contributed by atoms with Crippen molar-refractivity contribution in [3.63, 3.8) is 0 Å². The lowest BCUT2D eigenvalue weighted by Gasteiger charge is -2.14. The lowest BCUT2D eigenvalue weighted by Crippen LogP contribution is -2.18. The number of hydrogen-bond acceptors (Lipinski definition) is 5. The zero-order valence-corrected chi connectivity index (χ0v) is 17.0. The molecule has 172 valence electrons. The maximum atomic E-state index is 13.9. The van der Waals surface area contributed by atoms with Crippen LogP contribution in [0.3, 0.4) is 0 Å². The van der Waals surface area contributed by atoms with Gasteiger partial charge in [0.15, 0.2) is 5.65 Å². The number of alkyl halides is 3. The second-order valence-electron chi connectivity index (χ2n) is 7.39. The minimum atomic E-state index is -5.05. The van der Waals surface area contributed by atoms with E-state index in [9.17, 15) is 27.2 Å². The molecule has 1 aliphatic rings. The first-order valence-electron chi connectivity index (χ1n) is 9.79. The summed E-state index contributed by atoms with van der Waals surface area (Å²) >= 11 is 0. The molecule has 5 rings (SSSR count). The Hall–Kier alpha value is -4.48. The van der Waals surface area contributed by atoms with Crippen LogP contribution in [0.1, 0.15) is 26.3 Å². The van der Waals surface area contributed by atoms with Crippen LogP contribution in [-0.4, -0.2) is 32.8 Å². The molecule has 0 aliphatic carbocycles. The minimum Gasteiger partial charge on any atom is -0.406 e. The van der Waals surface area contributed by atoms with Gasteiger partial charge in [0.05, 0.1) is 0 Å². The molecule has 2 aromatic carbocycles. The smallest absolute Gasteiger partial charge is 0.406 e. The molecular formula is C22H13F4N5O3. The highest BCUT2D eigenvalue weighted by molar-refractivity contribution is 6.08. The lowest BCUT2D eigenvalue weighted by atomic mass is 9.99. The number of hydrogen-bond donors (Lipinski definition) is 2. The van der Waals surface area contributed by atoms with Crippen LogP contribution < -0.4 is 15.4 Å². The molecule has 12 heteroatoms. The molecule has 1 aliphatic heterocycles. The fourth-order valence-corrected chi connectivity index (χ4v) is 3.68. The lowest BCUT2D eigenvalue weighted by molar-refractivity contribution is -0.274. The van der Waals surface area contributed by atoms with E-state index < -0.39 is 23.8 Å². The Balaban J connectivity index is 1.52. The number of ether oxygens (including phenoxy) is 1. The van der Waals surface area contributed by atoms with E-state index in [1.54, 1.807) is 30.5 Å². The standard InChI is InChI=1S/C22H13F4N5O3/c23-14-3-13(4-15(7-14)34-22(24,25)26)20(32)30-18-6-12(5-16-17(18)8-27-21(16)33)11-1-2-19-28-10-29-31(19)9-11/h1-7,9-10H,8H2,(H,27,33)(H,30,32). The van der Waals surface area contributed by atoms with Gasteiger partial charge < -0.3 is 15.4 Å². The summed E-state index contributed by atoms with van der Waals surface area (Å²) in [7, 11) is 0. The van der Waals surface area contributed by atoms with Gasteiger partial charge in [-0.15, -0.1) is 13.2 Å². The minimum absolute atomic E-state index is 0.137. The highest BCUT2D eigenvalue weighted by atomic mass is 19.4. The molecule has 8 nitrogen and oxygen atoms in total. The number of halogens is 4. The Morgan fingerprint density at radius 2 is 1.94 bits per heavy atom. The molecule has 0 spiro atoms. The predicted octanol–water partition coefficient (Wildman–Crippen LogP) is 3.93. The van der Waals surface area contributed by atoms with Crippen LogP contribution in [0.25, 0.3) is 16.8 Å². The van der Waals surface area contributed by atoms with Gasteiger partial charge in [-0.2, -0.15) is 5.10 Å². The second kappa shape index (κ2) is 7.83. The molecule has 0 bridgehead atoms. The molecule has 0 saturated heterocycles. The third-order valence-electron chi connectivity index (χ3n) is 5.14. The fourth-order valence-electron chi connectivity index (χ4n) is 3.68. The van der Waals surface area contributed by atoms with Gasteiger partial charge in [0.1, 0.15) is 17.9 Å². The second-order valence-corrected chi connectivity index (χ2v) is 7.39. The number of benzene rings is 2. The van der Waals surface area contributed by atoms with Gasteiger partial charge in [-0.1, -0.05) is 0 Å². The molecule has 0 saturated carbocycles. The zero-order valence-electron chi connectivity index (χ0n) is 17.0. The van der Waals surface area contributed by atoms with Crippen LogP contribution in [0.15, 0.2) is 55.0 Å². The number of nitrogens with zero attached hydrogens (tertiary/aromatic N) is 3. The number of fused-ring (bicyclic) bond motifs is 2. The number of anilines is 1. The van der Waals surface area contributed by atoms with Crippen molar-refractivity contribution in [1.29, 1.82) is 0 Å². The van der Waals surface area contributed by atoms with Crippen molar-refractivity contribution >= 4 is 23.1 Å². The van der Waals surface area contributed by atoms with Crippen LogP contribution in [0.2, 0.25) is 0 Å². The summed E-state index contributed by atoms with van der Waals surface area (Å²) in [5, 5.41) is 9.31. The van der Waals surface area contributed by atoms with E-state index in [1.165, 1.54) is 10.8 Å². The van der Waals surface area contributed by atoms with Gasteiger partial charge in [-0.3, -0.25) is 9.59 Å². The van der Waals surface area contributed by atoms with Gasteiger partial charge in [0.2, 0.25) is 0 Å². The van der Waals surface area contributed by atoms with E-state index in [2.05, 4.69) is 25.5 Å². The van der Waals surface area contributed by atoms with Crippen LogP contribution >= 0.6 is 0 Å². The number of pyridine rings is 1. The summed E-state index contributed by atoms with van der Waals surface area (Å²) < 4.78 is 56.7. The van der Waals surface area contributed by atoms with Crippen molar-refractivity contribution in [3.05, 3.63) is 77.5 Å². The largest absolute Gasteiger partial charge is 0.573 e. The molecule has 3 heterocycles. The SMILES string of the molecule is O=C(Nc1cc(-c2ccc3ncnn3c2)cc2c1CNC2=O)c1cc(F)cc(OC(F)(F)F)c1. The van der Waals surface area contributed by atoms with Gasteiger partial charge in [-0.05, 0) is 42.0 Å². The Labute approximate surface area is 188 Å². The first kappa shape index (κ1) is 21.4. The van der Waals surface area contributed by atoms with Crippen LogP contribution in [0.4, 0.5) is 23.2 Å². The van der Waals surface area contributed by atoms with Crippen LogP contribution in [0.5, 0.6) is 5.75 Å². The van der Waals surface area contributed by atoms with Gasteiger partial charge >= 0.3 is 6.36 Å². The average molecular weight is 471 g/mol. The van der Waals surface area contributed by atoms with Crippen molar-refractivity contribution in [2.75, 3.05) is 5.32 Å². The van der Waals surface area contributed by atoms with Crippen molar-refractivity contribution in [2.45, 2.75) is 12.9 Å². The maximum absolute atomic E-state index is 13.9. The number of carbonyl (C=O) groups is 2. The Kier molecular flexibility index (Phi) is 4.92. The van der Waals surface area contributed by atoms with Crippen molar-refractivity contribution in [1.82, 2.24) is 19.9 Å². The normalized spacial score (nSPS) is 13.0. The van der Waals surface area contributed by atoms with Gasteiger partial charge in [-0.25, -0.2) is 13.9 Å². The highest BCUT2D eigenvalue weighted by Gasteiger charge is 2.32. The first-order valence-corrected chi connectivity index (χ1v) is 9.79. The molecule has 0 fully saturated rings. The molecule has 2 aromatic heterocycles. The fraction of sp³-hybridized carbons (Fsp3) is 0.0909. The van der Waals surface area contributed by atoms with Crippen molar-refractivity contribution < 1.29 is 31.9 Å². The van der Waals surface area contributed by atoms with Crippen LogP contribution in [-0.2, 0) is 6.54 Å². The third-order valence-corrected chi connectivity index (χ3v) is 5.14. The molecule has 2 N–H and O–H groups in total. The molecule has 4 aromatic rings. The van der Waals surface area contributed by atoms with E-state index in [0.29, 0.717) is 34.0 Å². The predicted molar refractivity (Wildman–Crippen MR) is 111 cm³/mol. The van der Waals surface area contributed by atoms with Gasteiger partial charge in [0, 0.05) is 46.7 Å². The molecule has 0 atom stereocenters. The number of rotatable bonds is 4. The number of carbonyl (C=O) groups excluding carboxylic acids is 2. The topological polar surface area (TPSA) is 97.6 Å². The Bertz CT molecular complexity index is 1460. The van der Waals surface area contributed by atoms with E-state index in [4.69, 9.17) is 0 Å². The van der Waals surface area contributed by atoms with E-state index in [-0.39, 0.29) is 23.7 Å². The Morgan fingerprint density at radius 1 is 1.12 bits per heavy atom. The van der Waals surface area contributed by atoms with E-state index >= 15 is 0 Å². The highest BCUT2D eigenvalue weighted by Crippen LogP contribution is 2.32. The number of nitrogens with one attached hydrogen (secondary N) is 2. The Morgan fingerprint density at radius 3 is 2.74 bits per heavy atom. The number of aromatic nitrogens is 3. The summed E-state index contributed by atoms with van der Waals surface area (Å²) in [4.78, 5) is 29.2. The molecule has 0 unspecified atom stereocenters. The monoisotopic (exact) mass is 471 g/mol. The summed E-state index contributed by atoms with van der Waals surface area (Å²) in [5.74, 6) is -3.17. The third kappa shape index (κ3) is 4.12. The first-order chi connectivity index (χ1) is 16.2. The summed E-state index contributed by atoms with van der Waals surface area (Å²) in [6.07, 6.45) is -1.97. The van der Waals surface area contributed by atoms with Gasteiger partial charge in [0.25, 0.3) is 11.8 Å². The van der Waals surface area contributed by atoms with Crippen LogP contribution in [0, 0.1) is 5.82 Å². The van der Waals surface area contributed by atoms with E-state index in [1.807, 2.05) is 0 Å². The summed E-state index contributed by atoms with van der Waals surface area (Å²) in [6, 6.07) is 8.83. The average Bonchev–Trinajstić information content (AvgIpc) is 3.38. The zero-order chi connectivity index (χ0) is 24.0. The molecule has 2 amide bonds. The summed E-state index contributed by atoms with van der Waals surface area (Å²) in [5.41, 5.74) is 2.53.